The smallest absolute Gasteiger partial charge is 0.261 e. The van der Waals surface area contributed by atoms with Gasteiger partial charge >= 0.3 is 0 Å². The van der Waals surface area contributed by atoms with Gasteiger partial charge < -0.3 is 4.57 Å². The molecule has 1 aromatic heterocycles. The topological polar surface area (TPSA) is 34.9 Å². The third kappa shape index (κ3) is 0.753. The van der Waals surface area contributed by atoms with Gasteiger partial charge in [-0.15, -0.1) is 0 Å². The van der Waals surface area contributed by atoms with Crippen LogP contribution in [-0.2, 0) is 7.05 Å². The molecule has 0 saturated carbocycles. The van der Waals surface area contributed by atoms with Crippen molar-refractivity contribution in [2.45, 2.75) is 0 Å². The highest BCUT2D eigenvalue weighted by Gasteiger charge is 1.81. The van der Waals surface area contributed by atoms with Crippen molar-refractivity contribution in [2.75, 3.05) is 0 Å². The molecule has 0 aliphatic carbocycles. The summed E-state index contributed by atoms with van der Waals surface area (Å²) >= 11 is 0. The lowest BCUT2D eigenvalue weighted by Gasteiger charge is -1.87. The second-order valence-corrected chi connectivity index (χ2v) is 1.45. The molecule has 0 aliphatic rings. The molecule has 0 aliphatic heterocycles. The van der Waals surface area contributed by atoms with Gasteiger partial charge in [0.25, 0.3) is 5.56 Å². The van der Waals surface area contributed by atoms with E-state index < -0.39 is 0 Å². The van der Waals surface area contributed by atoms with E-state index in [1.54, 1.807) is 7.05 Å². The first-order valence-corrected chi connectivity index (χ1v) is 2.19. The van der Waals surface area contributed by atoms with E-state index in [4.69, 9.17) is 0 Å². The second-order valence-electron chi connectivity index (χ2n) is 1.45. The van der Waals surface area contributed by atoms with E-state index in [0.717, 1.165) is 0 Å². The van der Waals surface area contributed by atoms with E-state index >= 15 is 0 Å². The SMILES string of the molecule is Cn1cnc[c]c1=O. The van der Waals surface area contributed by atoms with Crippen LogP contribution < -0.4 is 5.56 Å². The summed E-state index contributed by atoms with van der Waals surface area (Å²) in [5.41, 5.74) is -0.153. The summed E-state index contributed by atoms with van der Waals surface area (Å²) in [6, 6.07) is 2.40. The molecular weight excluding hydrogens is 104 g/mol. The summed E-state index contributed by atoms with van der Waals surface area (Å²) in [6.07, 6.45) is 2.79. The third-order valence-corrected chi connectivity index (χ3v) is 0.823. The number of hydrogen-bond donors (Lipinski definition) is 0. The molecule has 0 N–H and O–H groups in total. The molecule has 1 rings (SSSR count). The molecule has 1 aromatic rings. The monoisotopic (exact) mass is 109 g/mol. The quantitative estimate of drug-likeness (QED) is 0.453. The standard InChI is InChI=1S/C5H5N2O/c1-7-4-6-3-2-5(7)8/h3-4H,1H3. The normalized spacial score (nSPS) is 9.12. The average Bonchev–Trinajstić information content (AvgIpc) is 1.77. The molecule has 0 bridgehead atoms. The molecule has 8 heavy (non-hydrogen) atoms. The summed E-state index contributed by atoms with van der Waals surface area (Å²) in [5, 5.41) is 0. The van der Waals surface area contributed by atoms with Crippen LogP contribution in [0.4, 0.5) is 0 Å². The van der Waals surface area contributed by atoms with Crippen molar-refractivity contribution in [3.8, 4) is 0 Å². The summed E-state index contributed by atoms with van der Waals surface area (Å²) < 4.78 is 1.36. The van der Waals surface area contributed by atoms with Crippen LogP contribution in [0.15, 0.2) is 17.3 Å². The zero-order valence-electron chi connectivity index (χ0n) is 4.46. The zero-order chi connectivity index (χ0) is 5.98. The molecule has 0 spiro atoms. The molecule has 0 aromatic carbocycles. The number of rotatable bonds is 0. The van der Waals surface area contributed by atoms with Crippen LogP contribution in [0.5, 0.6) is 0 Å². The van der Waals surface area contributed by atoms with Gasteiger partial charge in [-0.3, -0.25) is 4.79 Å². The maximum absolute atomic E-state index is 10.5. The summed E-state index contributed by atoms with van der Waals surface area (Å²) in [4.78, 5) is 14.1. The summed E-state index contributed by atoms with van der Waals surface area (Å²) in [6.45, 7) is 0. The molecule has 1 heterocycles. The highest BCUT2D eigenvalue weighted by Crippen LogP contribution is 1.64. The molecule has 1 radical (unpaired) electrons. The Bertz CT molecular complexity index is 228. The fraction of sp³-hybridized carbons (Fsp3) is 0.200. The van der Waals surface area contributed by atoms with Gasteiger partial charge in [0, 0.05) is 13.2 Å². The van der Waals surface area contributed by atoms with Crippen LogP contribution in [0.3, 0.4) is 0 Å². The molecule has 3 nitrogen and oxygen atoms in total. The highest BCUT2D eigenvalue weighted by atomic mass is 16.1. The van der Waals surface area contributed by atoms with Gasteiger partial charge in [-0.2, -0.15) is 0 Å². The maximum Gasteiger partial charge on any atom is 0.261 e. The van der Waals surface area contributed by atoms with E-state index in [1.165, 1.54) is 17.1 Å². The van der Waals surface area contributed by atoms with Gasteiger partial charge in [0.1, 0.15) is 0 Å². The minimum Gasteiger partial charge on any atom is -0.302 e. The summed E-state index contributed by atoms with van der Waals surface area (Å²) in [7, 11) is 1.63. The number of aromatic nitrogens is 2. The van der Waals surface area contributed by atoms with Crippen LogP contribution in [0, 0.1) is 6.07 Å². The van der Waals surface area contributed by atoms with Gasteiger partial charge in [-0.1, -0.05) is 0 Å². The Morgan fingerprint density at radius 2 is 2.62 bits per heavy atom. The number of hydrogen-bond acceptors (Lipinski definition) is 2. The molecular formula is C5H5N2O. The fourth-order valence-electron chi connectivity index (χ4n) is 0.380. The highest BCUT2D eigenvalue weighted by molar-refractivity contribution is 4.77. The van der Waals surface area contributed by atoms with Gasteiger partial charge in [0.05, 0.1) is 12.4 Å². The molecule has 41 valence electrons. The van der Waals surface area contributed by atoms with E-state index in [2.05, 4.69) is 11.1 Å². The first-order valence-electron chi connectivity index (χ1n) is 2.19. The zero-order valence-corrected chi connectivity index (χ0v) is 4.46. The van der Waals surface area contributed by atoms with Crippen LogP contribution in [-0.4, -0.2) is 9.55 Å². The van der Waals surface area contributed by atoms with Crippen LogP contribution in [0.1, 0.15) is 0 Å². The van der Waals surface area contributed by atoms with Gasteiger partial charge in [-0.05, 0) is 0 Å². The van der Waals surface area contributed by atoms with Crippen LogP contribution in [0.25, 0.3) is 0 Å². The summed E-state index contributed by atoms with van der Waals surface area (Å²) in [5.74, 6) is 0. The van der Waals surface area contributed by atoms with Crippen LogP contribution in [0.2, 0.25) is 0 Å². The Morgan fingerprint density at radius 1 is 1.88 bits per heavy atom. The molecule has 0 amide bonds. The minimum atomic E-state index is -0.153. The Labute approximate surface area is 46.6 Å². The Hall–Kier alpha value is -1.12. The van der Waals surface area contributed by atoms with Crippen molar-refractivity contribution in [2.24, 2.45) is 7.05 Å². The fourth-order valence-corrected chi connectivity index (χ4v) is 0.380. The van der Waals surface area contributed by atoms with Crippen molar-refractivity contribution in [3.05, 3.63) is 28.9 Å². The molecule has 0 unspecified atom stereocenters. The predicted molar refractivity (Wildman–Crippen MR) is 28.3 cm³/mol. The lowest BCUT2D eigenvalue weighted by atomic mass is 10.6. The Morgan fingerprint density at radius 3 is 3.00 bits per heavy atom. The van der Waals surface area contributed by atoms with Crippen molar-refractivity contribution < 1.29 is 0 Å². The van der Waals surface area contributed by atoms with Gasteiger partial charge in [0.2, 0.25) is 0 Å². The van der Waals surface area contributed by atoms with Crippen molar-refractivity contribution >= 4 is 0 Å². The van der Waals surface area contributed by atoms with E-state index in [-0.39, 0.29) is 5.56 Å². The first-order chi connectivity index (χ1) is 3.80. The van der Waals surface area contributed by atoms with Crippen molar-refractivity contribution in [3.63, 3.8) is 0 Å². The van der Waals surface area contributed by atoms with Gasteiger partial charge in [-0.25, -0.2) is 4.98 Å². The average molecular weight is 109 g/mol. The molecule has 0 atom stereocenters. The van der Waals surface area contributed by atoms with Crippen molar-refractivity contribution in [1.82, 2.24) is 9.55 Å². The Balaban J connectivity index is 3.35. The molecule has 0 fully saturated rings. The van der Waals surface area contributed by atoms with E-state index in [0.29, 0.717) is 0 Å². The van der Waals surface area contributed by atoms with E-state index in [9.17, 15) is 4.79 Å². The van der Waals surface area contributed by atoms with Crippen LogP contribution >= 0.6 is 0 Å². The van der Waals surface area contributed by atoms with E-state index in [1.807, 2.05) is 0 Å². The second kappa shape index (κ2) is 1.78. The lowest BCUT2D eigenvalue weighted by Crippen LogP contribution is -2.14. The number of nitrogens with zero attached hydrogens (tertiary/aromatic N) is 2. The first kappa shape index (κ1) is 5.03. The number of aryl methyl sites for hydroxylation is 1. The Kier molecular flexibility index (Phi) is 1.12. The predicted octanol–water partition coefficient (Wildman–Crippen LogP) is -0.420. The molecule has 0 saturated heterocycles. The molecule has 3 heteroatoms. The lowest BCUT2D eigenvalue weighted by molar-refractivity contribution is 0.822. The largest absolute Gasteiger partial charge is 0.302 e. The maximum atomic E-state index is 10.5. The van der Waals surface area contributed by atoms with Crippen molar-refractivity contribution in [1.29, 1.82) is 0 Å². The van der Waals surface area contributed by atoms with Gasteiger partial charge in [0.15, 0.2) is 0 Å². The minimum absolute atomic E-state index is 0.153. The third-order valence-electron chi connectivity index (χ3n) is 0.823.